The Morgan fingerprint density at radius 3 is 1.87 bits per heavy atom. The van der Waals surface area contributed by atoms with Gasteiger partial charge in [0.05, 0.1) is 0 Å². The van der Waals surface area contributed by atoms with E-state index < -0.39 is 0 Å². The van der Waals surface area contributed by atoms with Crippen molar-refractivity contribution in [3.8, 4) is 33.4 Å². The lowest BCUT2D eigenvalue weighted by Crippen LogP contribution is -2.15. The molecule has 1 heteroatoms. The van der Waals surface area contributed by atoms with Crippen molar-refractivity contribution in [1.82, 2.24) is 0 Å². The van der Waals surface area contributed by atoms with E-state index in [1.54, 1.807) is 0 Å². The van der Waals surface area contributed by atoms with Gasteiger partial charge in [-0.1, -0.05) is 111 Å². The highest BCUT2D eigenvalue weighted by Gasteiger charge is 2.35. The minimum Gasteiger partial charge on any atom is -0.356 e. The van der Waals surface area contributed by atoms with Crippen LogP contribution in [0.5, 0.6) is 0 Å². The highest BCUT2D eigenvalue weighted by molar-refractivity contribution is 5.88. The standard InChI is InChI=1S/C37H29N/c1-37(2)35-21-16-30(25-8-4-3-5-9-25)23-34(35)33-20-19-32(24-36(33)37)38-31-17-14-27(15-18-31)29-13-12-26-10-6-7-11-28(26)22-29/h3-24,38H,1-2H3. The molecule has 38 heavy (non-hydrogen) atoms. The van der Waals surface area contributed by atoms with Gasteiger partial charge in [-0.25, -0.2) is 0 Å². The van der Waals surface area contributed by atoms with Gasteiger partial charge in [-0.05, 0) is 91.7 Å². The van der Waals surface area contributed by atoms with Crippen molar-refractivity contribution < 1.29 is 0 Å². The normalized spacial score (nSPS) is 13.2. The summed E-state index contributed by atoms with van der Waals surface area (Å²) in [5, 5.41) is 6.18. The summed E-state index contributed by atoms with van der Waals surface area (Å²) in [6.07, 6.45) is 0. The summed E-state index contributed by atoms with van der Waals surface area (Å²) in [6.45, 7) is 4.67. The Bertz CT molecular complexity index is 1790. The number of hydrogen-bond acceptors (Lipinski definition) is 1. The van der Waals surface area contributed by atoms with Gasteiger partial charge in [0.15, 0.2) is 0 Å². The number of fused-ring (bicyclic) bond motifs is 4. The van der Waals surface area contributed by atoms with Gasteiger partial charge in [-0.15, -0.1) is 0 Å². The lowest BCUT2D eigenvalue weighted by Gasteiger charge is -2.22. The number of benzene rings is 6. The van der Waals surface area contributed by atoms with E-state index in [1.165, 1.54) is 55.3 Å². The zero-order valence-corrected chi connectivity index (χ0v) is 21.7. The molecular weight excluding hydrogens is 458 g/mol. The summed E-state index contributed by atoms with van der Waals surface area (Å²) in [4.78, 5) is 0. The molecule has 0 atom stereocenters. The first kappa shape index (κ1) is 22.6. The van der Waals surface area contributed by atoms with E-state index in [0.717, 1.165) is 11.4 Å². The Balaban J connectivity index is 1.17. The summed E-state index contributed by atoms with van der Waals surface area (Å²) in [5.74, 6) is 0. The zero-order valence-electron chi connectivity index (χ0n) is 21.7. The summed E-state index contributed by atoms with van der Waals surface area (Å²) in [6, 6.07) is 48.3. The van der Waals surface area contributed by atoms with Crippen molar-refractivity contribution in [2.24, 2.45) is 0 Å². The van der Waals surface area contributed by atoms with Crippen LogP contribution < -0.4 is 5.32 Å². The van der Waals surface area contributed by atoms with Crippen LogP contribution in [0.25, 0.3) is 44.2 Å². The highest BCUT2D eigenvalue weighted by Crippen LogP contribution is 2.50. The predicted octanol–water partition coefficient (Wildman–Crippen LogP) is 10.2. The van der Waals surface area contributed by atoms with Gasteiger partial charge in [0.2, 0.25) is 0 Å². The van der Waals surface area contributed by atoms with Crippen molar-refractivity contribution in [1.29, 1.82) is 0 Å². The zero-order chi connectivity index (χ0) is 25.7. The van der Waals surface area contributed by atoms with Crippen LogP contribution in [0.1, 0.15) is 25.0 Å². The van der Waals surface area contributed by atoms with Crippen molar-refractivity contribution in [2.75, 3.05) is 5.32 Å². The van der Waals surface area contributed by atoms with Gasteiger partial charge in [0.25, 0.3) is 0 Å². The van der Waals surface area contributed by atoms with Gasteiger partial charge in [0, 0.05) is 16.8 Å². The summed E-state index contributed by atoms with van der Waals surface area (Å²) >= 11 is 0. The summed E-state index contributed by atoms with van der Waals surface area (Å²) in [7, 11) is 0. The fraction of sp³-hybridized carbons (Fsp3) is 0.0811. The van der Waals surface area contributed by atoms with Gasteiger partial charge < -0.3 is 5.32 Å². The van der Waals surface area contributed by atoms with Crippen LogP contribution in [-0.4, -0.2) is 0 Å². The molecule has 0 aromatic heterocycles. The second-order valence-corrected chi connectivity index (χ2v) is 10.8. The van der Waals surface area contributed by atoms with E-state index in [-0.39, 0.29) is 5.41 Å². The molecule has 0 saturated carbocycles. The topological polar surface area (TPSA) is 12.0 Å². The van der Waals surface area contributed by atoms with E-state index in [0.29, 0.717) is 0 Å². The molecule has 0 radical (unpaired) electrons. The smallest absolute Gasteiger partial charge is 0.0387 e. The molecule has 0 unspecified atom stereocenters. The molecule has 0 bridgehead atoms. The minimum atomic E-state index is -0.0441. The first-order chi connectivity index (χ1) is 18.6. The predicted molar refractivity (Wildman–Crippen MR) is 162 cm³/mol. The number of hydrogen-bond donors (Lipinski definition) is 1. The lowest BCUT2D eigenvalue weighted by molar-refractivity contribution is 0.660. The largest absolute Gasteiger partial charge is 0.356 e. The molecule has 1 aliphatic rings. The van der Waals surface area contributed by atoms with Crippen LogP contribution in [0.2, 0.25) is 0 Å². The third-order valence-electron chi connectivity index (χ3n) is 8.04. The highest BCUT2D eigenvalue weighted by atomic mass is 14.9. The number of anilines is 2. The van der Waals surface area contributed by atoms with Crippen molar-refractivity contribution in [2.45, 2.75) is 19.3 Å². The Morgan fingerprint density at radius 2 is 1.05 bits per heavy atom. The van der Waals surface area contributed by atoms with Crippen LogP contribution in [0.15, 0.2) is 133 Å². The summed E-state index contributed by atoms with van der Waals surface area (Å²) in [5.41, 5.74) is 12.6. The van der Waals surface area contributed by atoms with Gasteiger partial charge in [-0.2, -0.15) is 0 Å². The maximum Gasteiger partial charge on any atom is 0.0387 e. The molecule has 1 N–H and O–H groups in total. The molecule has 7 rings (SSSR count). The molecule has 0 fully saturated rings. The first-order valence-corrected chi connectivity index (χ1v) is 13.3. The van der Waals surface area contributed by atoms with Crippen LogP contribution in [-0.2, 0) is 5.41 Å². The second kappa shape index (κ2) is 8.75. The van der Waals surface area contributed by atoms with Crippen LogP contribution >= 0.6 is 0 Å². The number of nitrogens with one attached hydrogen (secondary N) is 1. The third-order valence-corrected chi connectivity index (χ3v) is 8.04. The third kappa shape index (κ3) is 3.79. The van der Waals surface area contributed by atoms with E-state index in [9.17, 15) is 0 Å². The Kier molecular flexibility index (Phi) is 5.19. The molecule has 0 spiro atoms. The Hall–Kier alpha value is -4.62. The SMILES string of the molecule is CC1(C)c2ccc(-c3ccccc3)cc2-c2ccc(Nc3ccc(-c4ccc5ccccc5c4)cc3)cc21. The van der Waals surface area contributed by atoms with E-state index in [1.807, 2.05) is 0 Å². The van der Waals surface area contributed by atoms with Crippen molar-refractivity contribution in [3.63, 3.8) is 0 Å². The second-order valence-electron chi connectivity index (χ2n) is 10.8. The van der Waals surface area contributed by atoms with Gasteiger partial charge >= 0.3 is 0 Å². The van der Waals surface area contributed by atoms with Gasteiger partial charge in [-0.3, -0.25) is 0 Å². The monoisotopic (exact) mass is 487 g/mol. The molecular formula is C37H29N. The molecule has 6 aromatic rings. The maximum absolute atomic E-state index is 3.64. The number of rotatable bonds is 4. The summed E-state index contributed by atoms with van der Waals surface area (Å²) < 4.78 is 0. The van der Waals surface area contributed by atoms with Crippen LogP contribution in [0.4, 0.5) is 11.4 Å². The molecule has 0 saturated heterocycles. The molecule has 1 aliphatic carbocycles. The molecule has 0 amide bonds. The quantitative estimate of drug-likeness (QED) is 0.261. The maximum atomic E-state index is 3.64. The molecule has 6 aromatic carbocycles. The Morgan fingerprint density at radius 1 is 0.421 bits per heavy atom. The molecule has 0 aliphatic heterocycles. The van der Waals surface area contributed by atoms with E-state index in [2.05, 4.69) is 153 Å². The average molecular weight is 488 g/mol. The molecule has 182 valence electrons. The Labute approximate surface area is 224 Å². The minimum absolute atomic E-state index is 0.0441. The van der Waals surface area contributed by atoms with Crippen molar-refractivity contribution >= 4 is 22.1 Å². The van der Waals surface area contributed by atoms with Crippen LogP contribution in [0, 0.1) is 0 Å². The molecule has 0 heterocycles. The van der Waals surface area contributed by atoms with Crippen LogP contribution in [0.3, 0.4) is 0 Å². The fourth-order valence-electron chi connectivity index (χ4n) is 5.92. The van der Waals surface area contributed by atoms with Crippen molar-refractivity contribution in [3.05, 3.63) is 145 Å². The van der Waals surface area contributed by atoms with Gasteiger partial charge in [0.1, 0.15) is 0 Å². The van der Waals surface area contributed by atoms with E-state index >= 15 is 0 Å². The average Bonchev–Trinajstić information content (AvgIpc) is 3.19. The van der Waals surface area contributed by atoms with E-state index in [4.69, 9.17) is 0 Å². The molecule has 1 nitrogen and oxygen atoms in total. The fourth-order valence-corrected chi connectivity index (χ4v) is 5.92. The lowest BCUT2D eigenvalue weighted by atomic mass is 9.82. The first-order valence-electron chi connectivity index (χ1n) is 13.3.